The van der Waals surface area contributed by atoms with Crippen molar-refractivity contribution in [2.75, 3.05) is 13.6 Å². The number of guanidine groups is 1. The highest BCUT2D eigenvalue weighted by molar-refractivity contribution is 14.0. The first-order valence-corrected chi connectivity index (χ1v) is 8.37. The molecule has 1 aromatic heterocycles. The van der Waals surface area contributed by atoms with Crippen LogP contribution in [0.5, 0.6) is 0 Å². The Bertz CT molecular complexity index is 715. The van der Waals surface area contributed by atoms with Gasteiger partial charge in [-0.2, -0.15) is 0 Å². The fourth-order valence-corrected chi connectivity index (χ4v) is 2.90. The number of hydrogen-bond donors (Lipinski definition) is 2. The number of aliphatic imine (C=N–C) groups is 1. The summed E-state index contributed by atoms with van der Waals surface area (Å²) < 4.78 is 15.8. The summed E-state index contributed by atoms with van der Waals surface area (Å²) in [5, 5.41) is 15.0. The lowest BCUT2D eigenvalue weighted by Crippen LogP contribution is -2.38. The molecule has 2 heterocycles. The van der Waals surface area contributed by atoms with Crippen LogP contribution in [0.15, 0.2) is 29.3 Å². The zero-order chi connectivity index (χ0) is 16.8. The average Bonchev–Trinajstić information content (AvgIpc) is 3.03. The number of fused-ring (bicyclic) bond motifs is 1. The van der Waals surface area contributed by atoms with Crippen LogP contribution in [0.2, 0.25) is 0 Å². The molecule has 1 aliphatic rings. The van der Waals surface area contributed by atoms with E-state index in [1.54, 1.807) is 19.2 Å². The zero-order valence-corrected chi connectivity index (χ0v) is 16.7. The predicted octanol–water partition coefficient (Wildman–Crippen LogP) is 2.28. The Morgan fingerprint density at radius 1 is 1.24 bits per heavy atom. The minimum atomic E-state index is -0.169. The van der Waals surface area contributed by atoms with E-state index in [4.69, 9.17) is 0 Å². The lowest BCUT2D eigenvalue weighted by Gasteiger charge is -2.16. The summed E-state index contributed by atoms with van der Waals surface area (Å²) in [6.07, 6.45) is 3.97. The first kappa shape index (κ1) is 19.6. The van der Waals surface area contributed by atoms with Crippen LogP contribution in [0.4, 0.5) is 4.39 Å². The maximum absolute atomic E-state index is 13.6. The van der Waals surface area contributed by atoms with Gasteiger partial charge in [0.25, 0.3) is 0 Å². The summed E-state index contributed by atoms with van der Waals surface area (Å²) >= 11 is 0. The van der Waals surface area contributed by atoms with Crippen LogP contribution in [0, 0.1) is 5.82 Å². The third-order valence-electron chi connectivity index (χ3n) is 4.22. The van der Waals surface area contributed by atoms with E-state index in [-0.39, 0.29) is 29.8 Å². The number of rotatable bonds is 5. The fraction of sp³-hybridized carbons (Fsp3) is 0.471. The summed E-state index contributed by atoms with van der Waals surface area (Å²) in [6, 6.07) is 6.83. The van der Waals surface area contributed by atoms with Gasteiger partial charge in [0, 0.05) is 26.6 Å². The molecule has 0 radical (unpaired) electrons. The van der Waals surface area contributed by atoms with Crippen LogP contribution in [-0.4, -0.2) is 34.3 Å². The second kappa shape index (κ2) is 9.69. The molecule has 3 rings (SSSR count). The van der Waals surface area contributed by atoms with Crippen molar-refractivity contribution in [3.05, 3.63) is 47.3 Å². The Labute approximate surface area is 164 Å². The first-order valence-electron chi connectivity index (χ1n) is 8.37. The largest absolute Gasteiger partial charge is 0.356 e. The molecule has 136 valence electrons. The van der Waals surface area contributed by atoms with E-state index in [9.17, 15) is 4.39 Å². The number of benzene rings is 1. The summed E-state index contributed by atoms with van der Waals surface area (Å²) in [7, 11) is 1.72. The van der Waals surface area contributed by atoms with Gasteiger partial charge in [0.05, 0.1) is 6.54 Å². The van der Waals surface area contributed by atoms with Gasteiger partial charge < -0.3 is 15.2 Å². The molecular formula is C17H24FIN6. The van der Waals surface area contributed by atoms with Gasteiger partial charge in [-0.3, -0.25) is 4.99 Å². The van der Waals surface area contributed by atoms with E-state index in [1.807, 2.05) is 6.07 Å². The van der Waals surface area contributed by atoms with E-state index in [1.165, 1.54) is 18.9 Å². The monoisotopic (exact) mass is 458 g/mol. The van der Waals surface area contributed by atoms with Gasteiger partial charge in [-0.1, -0.05) is 18.2 Å². The van der Waals surface area contributed by atoms with E-state index >= 15 is 0 Å². The Hall–Kier alpha value is -1.71. The van der Waals surface area contributed by atoms with Crippen molar-refractivity contribution in [2.24, 2.45) is 4.99 Å². The molecule has 25 heavy (non-hydrogen) atoms. The Balaban J connectivity index is 0.00000225. The van der Waals surface area contributed by atoms with Crippen molar-refractivity contribution in [1.29, 1.82) is 0 Å². The highest BCUT2D eigenvalue weighted by atomic mass is 127. The Morgan fingerprint density at radius 3 is 2.88 bits per heavy atom. The second-order valence-corrected chi connectivity index (χ2v) is 5.84. The molecule has 0 atom stereocenters. The molecule has 6 nitrogen and oxygen atoms in total. The molecule has 0 fully saturated rings. The van der Waals surface area contributed by atoms with Gasteiger partial charge in [-0.25, -0.2) is 4.39 Å². The van der Waals surface area contributed by atoms with Gasteiger partial charge in [-0.05, 0) is 30.9 Å². The third kappa shape index (κ3) is 5.13. The number of nitrogens with zero attached hydrogens (tertiary/aromatic N) is 4. The van der Waals surface area contributed by atoms with E-state index in [0.29, 0.717) is 31.0 Å². The van der Waals surface area contributed by atoms with Crippen LogP contribution in [0.25, 0.3) is 0 Å². The molecule has 2 N–H and O–H groups in total. The number of halogens is 2. The van der Waals surface area contributed by atoms with Crippen LogP contribution in [0.3, 0.4) is 0 Å². The maximum atomic E-state index is 13.6. The van der Waals surface area contributed by atoms with Crippen molar-refractivity contribution in [3.63, 3.8) is 0 Å². The highest BCUT2D eigenvalue weighted by Gasteiger charge is 2.15. The van der Waals surface area contributed by atoms with Crippen molar-refractivity contribution in [3.8, 4) is 0 Å². The topological polar surface area (TPSA) is 67.1 Å². The number of hydrogen-bond acceptors (Lipinski definition) is 3. The number of aryl methyl sites for hydroxylation is 1. The van der Waals surface area contributed by atoms with Crippen molar-refractivity contribution < 1.29 is 4.39 Å². The van der Waals surface area contributed by atoms with Crippen molar-refractivity contribution >= 4 is 29.9 Å². The summed E-state index contributed by atoms with van der Waals surface area (Å²) in [6.45, 7) is 2.17. The molecule has 1 aromatic carbocycles. The van der Waals surface area contributed by atoms with E-state index in [0.717, 1.165) is 24.6 Å². The highest BCUT2D eigenvalue weighted by Crippen LogP contribution is 2.13. The lowest BCUT2D eigenvalue weighted by molar-refractivity contribution is 0.504. The van der Waals surface area contributed by atoms with Gasteiger partial charge in [0.15, 0.2) is 11.8 Å². The smallest absolute Gasteiger partial charge is 0.191 e. The molecule has 0 bridgehead atoms. The minimum Gasteiger partial charge on any atom is -0.356 e. The predicted molar refractivity (Wildman–Crippen MR) is 107 cm³/mol. The summed E-state index contributed by atoms with van der Waals surface area (Å²) in [5.41, 5.74) is 0.701. The molecule has 0 aliphatic carbocycles. The second-order valence-electron chi connectivity index (χ2n) is 5.84. The fourth-order valence-electron chi connectivity index (χ4n) is 2.90. The van der Waals surface area contributed by atoms with Gasteiger partial charge in [0.2, 0.25) is 0 Å². The maximum Gasteiger partial charge on any atom is 0.191 e. The quantitative estimate of drug-likeness (QED) is 0.410. The average molecular weight is 458 g/mol. The van der Waals surface area contributed by atoms with Crippen LogP contribution < -0.4 is 10.6 Å². The van der Waals surface area contributed by atoms with E-state index < -0.39 is 0 Å². The Kier molecular flexibility index (Phi) is 7.60. The van der Waals surface area contributed by atoms with Crippen LogP contribution in [-0.2, 0) is 25.9 Å². The third-order valence-corrected chi connectivity index (χ3v) is 4.22. The van der Waals surface area contributed by atoms with Crippen LogP contribution in [0.1, 0.15) is 30.1 Å². The number of nitrogens with one attached hydrogen (secondary N) is 2. The molecule has 0 saturated heterocycles. The molecule has 0 spiro atoms. The summed E-state index contributed by atoms with van der Waals surface area (Å²) in [5.74, 6) is 2.51. The standard InChI is InChI=1S/C17H23FN6.HI/c1-19-17(20-10-9-13-6-2-3-7-14(13)18)21-12-16-23-22-15-8-4-5-11-24(15)16;/h2-3,6-7H,4-5,8-12H2,1H3,(H2,19,20,21);1H. The Morgan fingerprint density at radius 2 is 2.08 bits per heavy atom. The molecule has 0 unspecified atom stereocenters. The van der Waals surface area contributed by atoms with E-state index in [2.05, 4.69) is 30.4 Å². The SMILES string of the molecule is CN=C(NCCc1ccccc1F)NCc1nnc2n1CCCC2.I. The summed E-state index contributed by atoms with van der Waals surface area (Å²) in [4.78, 5) is 4.20. The molecular weight excluding hydrogens is 434 g/mol. The molecule has 1 aliphatic heterocycles. The number of aromatic nitrogens is 3. The molecule has 0 saturated carbocycles. The first-order chi connectivity index (χ1) is 11.8. The minimum absolute atomic E-state index is 0. The molecule has 2 aromatic rings. The van der Waals surface area contributed by atoms with Gasteiger partial charge in [0.1, 0.15) is 11.6 Å². The van der Waals surface area contributed by atoms with Crippen molar-refractivity contribution in [2.45, 2.75) is 38.8 Å². The van der Waals surface area contributed by atoms with Gasteiger partial charge in [-0.15, -0.1) is 34.2 Å². The lowest BCUT2D eigenvalue weighted by atomic mass is 10.1. The van der Waals surface area contributed by atoms with Gasteiger partial charge >= 0.3 is 0 Å². The molecule has 8 heteroatoms. The van der Waals surface area contributed by atoms with Crippen LogP contribution >= 0.6 is 24.0 Å². The zero-order valence-electron chi connectivity index (χ0n) is 14.3. The normalized spacial score (nSPS) is 13.8. The molecule has 0 amide bonds. The van der Waals surface area contributed by atoms with Crippen molar-refractivity contribution in [1.82, 2.24) is 25.4 Å².